The Balaban J connectivity index is 1.71. The van der Waals surface area contributed by atoms with Crippen molar-refractivity contribution in [2.45, 2.75) is 55.1 Å². The maximum Gasteiger partial charge on any atom is 0.338 e. The Morgan fingerprint density at radius 1 is 0.933 bits per heavy atom. The molecule has 0 aromatic heterocycles. The summed E-state index contributed by atoms with van der Waals surface area (Å²) in [5, 5.41) is 59.8. The summed E-state index contributed by atoms with van der Waals surface area (Å²) in [4.78, 5) is 12.4. The van der Waals surface area contributed by atoms with Crippen LogP contribution >= 0.6 is 0 Å². The lowest BCUT2D eigenvalue weighted by molar-refractivity contribution is -0.331. The topological polar surface area (TPSA) is 175 Å². The van der Waals surface area contributed by atoms with Crippen LogP contribution in [0.15, 0.2) is 30.3 Å². The van der Waals surface area contributed by atoms with Gasteiger partial charge in [-0.3, -0.25) is 0 Å². The van der Waals surface area contributed by atoms with Crippen LogP contribution in [-0.4, -0.2) is 112 Å². The number of hydrogen-bond donors (Lipinski definition) is 6. The number of esters is 1. The average molecular weight is 430 g/mol. The predicted molar refractivity (Wildman–Crippen MR) is 97.1 cm³/mol. The smallest absolute Gasteiger partial charge is 0.338 e. The lowest BCUT2D eigenvalue weighted by atomic mass is 9.97. The molecule has 2 saturated heterocycles. The average Bonchev–Trinajstić information content (AvgIpc) is 2.76. The number of carbonyl (C=O) groups excluding carboxylic acids is 1. The van der Waals surface area contributed by atoms with Gasteiger partial charge in [0.15, 0.2) is 12.4 Å². The first-order chi connectivity index (χ1) is 14.4. The maximum absolute atomic E-state index is 12.4. The molecule has 2 heterocycles. The van der Waals surface area contributed by atoms with Gasteiger partial charge in [-0.15, -0.1) is 0 Å². The molecule has 0 radical (unpaired) electrons. The zero-order valence-electron chi connectivity index (χ0n) is 15.9. The van der Waals surface area contributed by atoms with Gasteiger partial charge < -0.3 is 49.6 Å². The largest absolute Gasteiger partial charge is 0.453 e. The van der Waals surface area contributed by atoms with Crippen LogP contribution in [0.4, 0.5) is 0 Å². The molecule has 30 heavy (non-hydrogen) atoms. The van der Waals surface area contributed by atoms with Crippen LogP contribution in [0.5, 0.6) is 0 Å². The minimum Gasteiger partial charge on any atom is -0.453 e. The van der Waals surface area contributed by atoms with E-state index in [1.54, 1.807) is 18.2 Å². The van der Waals surface area contributed by atoms with E-state index in [0.29, 0.717) is 0 Å². The summed E-state index contributed by atoms with van der Waals surface area (Å²) in [5.74, 6) is -0.807. The molecule has 1 aromatic rings. The molecule has 1 aromatic carbocycles. The molecule has 9 unspecified atom stereocenters. The van der Waals surface area contributed by atoms with Gasteiger partial charge in [-0.25, -0.2) is 4.79 Å². The summed E-state index contributed by atoms with van der Waals surface area (Å²) in [6, 6.07) is 7.92. The number of carbonyl (C=O) groups is 1. The second-order valence-electron chi connectivity index (χ2n) is 7.15. The van der Waals surface area contributed by atoms with Gasteiger partial charge in [-0.1, -0.05) is 18.2 Å². The lowest BCUT2D eigenvalue weighted by Gasteiger charge is -2.44. The lowest BCUT2D eigenvalue weighted by Crippen LogP contribution is -2.63. The minimum absolute atomic E-state index is 0.190. The Kier molecular flexibility index (Phi) is 7.74. The molecule has 6 N–H and O–H groups in total. The monoisotopic (exact) mass is 430 g/mol. The van der Waals surface area contributed by atoms with Crippen molar-refractivity contribution in [1.29, 1.82) is 0 Å². The zero-order chi connectivity index (χ0) is 21.8. The van der Waals surface area contributed by atoms with Crippen molar-refractivity contribution in [2.75, 3.05) is 19.8 Å². The highest BCUT2D eigenvalue weighted by molar-refractivity contribution is 5.89. The van der Waals surface area contributed by atoms with E-state index in [2.05, 4.69) is 0 Å². The molecule has 0 aliphatic carbocycles. The number of aliphatic hydroxyl groups is 6. The standard InChI is InChI=1S/C19H26O11/c20-6-10-13(22)14(23)12(8-27-10)29-19-16(25)17(15(24)11(7-21)28-19)30-18(26)9-4-2-1-3-5-9/h1-5,10-17,19-25H,6-8H2. The van der Waals surface area contributed by atoms with Crippen molar-refractivity contribution in [3.8, 4) is 0 Å². The van der Waals surface area contributed by atoms with Crippen LogP contribution < -0.4 is 0 Å². The van der Waals surface area contributed by atoms with Gasteiger partial charge in [0, 0.05) is 0 Å². The van der Waals surface area contributed by atoms with Crippen LogP contribution in [0, 0.1) is 0 Å². The Bertz CT molecular complexity index is 686. The highest BCUT2D eigenvalue weighted by Crippen LogP contribution is 2.28. The molecule has 11 heteroatoms. The second-order valence-corrected chi connectivity index (χ2v) is 7.15. The van der Waals surface area contributed by atoms with Crippen LogP contribution in [0.3, 0.4) is 0 Å². The Morgan fingerprint density at radius 3 is 2.23 bits per heavy atom. The van der Waals surface area contributed by atoms with Crippen molar-refractivity contribution in [3.63, 3.8) is 0 Å². The predicted octanol–water partition coefficient (Wildman–Crippen LogP) is -2.85. The summed E-state index contributed by atoms with van der Waals surface area (Å²) in [6.45, 7) is -1.40. The van der Waals surface area contributed by atoms with Crippen molar-refractivity contribution in [2.24, 2.45) is 0 Å². The van der Waals surface area contributed by atoms with Crippen LogP contribution in [-0.2, 0) is 18.9 Å². The number of ether oxygens (including phenoxy) is 4. The first kappa shape index (κ1) is 23.0. The molecule has 3 rings (SSSR count). The van der Waals surface area contributed by atoms with E-state index in [4.69, 9.17) is 24.1 Å². The molecule has 11 nitrogen and oxygen atoms in total. The summed E-state index contributed by atoms with van der Waals surface area (Å²) in [7, 11) is 0. The Morgan fingerprint density at radius 2 is 1.60 bits per heavy atom. The minimum atomic E-state index is -1.67. The SMILES string of the molecule is O=C(OC1C(O)C(CO)OC(OC2COC(CO)C(O)C2O)C1O)c1ccccc1. The van der Waals surface area contributed by atoms with Crippen molar-refractivity contribution >= 4 is 5.97 Å². The van der Waals surface area contributed by atoms with Gasteiger partial charge in [-0.05, 0) is 12.1 Å². The van der Waals surface area contributed by atoms with Gasteiger partial charge in [0.1, 0.15) is 42.7 Å². The van der Waals surface area contributed by atoms with Gasteiger partial charge in [0.2, 0.25) is 0 Å². The Hall–Kier alpha value is -1.67. The van der Waals surface area contributed by atoms with E-state index < -0.39 is 74.3 Å². The van der Waals surface area contributed by atoms with Crippen LogP contribution in [0.1, 0.15) is 10.4 Å². The molecule has 0 amide bonds. The number of rotatable bonds is 6. The normalized spacial score (nSPS) is 39.5. The molecule has 2 aliphatic rings. The summed E-state index contributed by atoms with van der Waals surface area (Å²) in [6.07, 6.45) is -12.5. The molecule has 0 saturated carbocycles. The third-order valence-electron chi connectivity index (χ3n) is 5.15. The first-order valence-corrected chi connectivity index (χ1v) is 9.50. The van der Waals surface area contributed by atoms with Crippen molar-refractivity contribution in [3.05, 3.63) is 35.9 Å². The molecule has 0 bridgehead atoms. The number of benzene rings is 1. The van der Waals surface area contributed by atoms with Gasteiger partial charge in [0.25, 0.3) is 0 Å². The third kappa shape index (κ3) is 4.80. The van der Waals surface area contributed by atoms with Crippen molar-refractivity contribution in [1.82, 2.24) is 0 Å². The molecular formula is C19H26O11. The fraction of sp³-hybridized carbons (Fsp3) is 0.632. The zero-order valence-corrected chi connectivity index (χ0v) is 15.9. The van der Waals surface area contributed by atoms with E-state index in [9.17, 15) is 30.3 Å². The van der Waals surface area contributed by atoms with E-state index in [1.807, 2.05) is 0 Å². The molecular weight excluding hydrogens is 404 g/mol. The van der Waals surface area contributed by atoms with E-state index in [-0.39, 0.29) is 12.2 Å². The maximum atomic E-state index is 12.4. The first-order valence-electron chi connectivity index (χ1n) is 9.50. The molecule has 168 valence electrons. The van der Waals surface area contributed by atoms with E-state index >= 15 is 0 Å². The summed E-state index contributed by atoms with van der Waals surface area (Å²) < 4.78 is 21.3. The highest BCUT2D eigenvalue weighted by atomic mass is 16.7. The van der Waals surface area contributed by atoms with Gasteiger partial charge >= 0.3 is 5.97 Å². The fourth-order valence-corrected chi connectivity index (χ4v) is 3.38. The number of hydrogen-bond acceptors (Lipinski definition) is 11. The molecule has 9 atom stereocenters. The van der Waals surface area contributed by atoms with E-state index in [1.165, 1.54) is 12.1 Å². The molecule has 2 aliphatic heterocycles. The molecule has 2 fully saturated rings. The second kappa shape index (κ2) is 10.1. The molecule has 0 spiro atoms. The van der Waals surface area contributed by atoms with Gasteiger partial charge in [0.05, 0.1) is 25.4 Å². The third-order valence-corrected chi connectivity index (χ3v) is 5.15. The fourth-order valence-electron chi connectivity index (χ4n) is 3.38. The Labute approximate surface area is 172 Å². The van der Waals surface area contributed by atoms with Crippen LogP contribution in [0.2, 0.25) is 0 Å². The van der Waals surface area contributed by atoms with E-state index in [0.717, 1.165) is 0 Å². The van der Waals surface area contributed by atoms with Crippen molar-refractivity contribution < 1.29 is 54.4 Å². The summed E-state index contributed by atoms with van der Waals surface area (Å²) >= 11 is 0. The number of aliphatic hydroxyl groups excluding tert-OH is 6. The highest BCUT2D eigenvalue weighted by Gasteiger charge is 2.49. The summed E-state index contributed by atoms with van der Waals surface area (Å²) in [5.41, 5.74) is 0.190. The van der Waals surface area contributed by atoms with Crippen LogP contribution in [0.25, 0.3) is 0 Å². The van der Waals surface area contributed by atoms with Gasteiger partial charge in [-0.2, -0.15) is 0 Å². The quantitative estimate of drug-likeness (QED) is 0.256.